The number of rotatable bonds is 6. The molecule has 7 heteroatoms. The van der Waals surface area contributed by atoms with Gasteiger partial charge in [-0.3, -0.25) is 9.59 Å². The fourth-order valence-electron chi connectivity index (χ4n) is 5.37. The van der Waals surface area contributed by atoms with E-state index in [0.717, 1.165) is 27.6 Å². The number of methoxy groups -OCH3 is 1. The summed E-state index contributed by atoms with van der Waals surface area (Å²) < 4.78 is 5.68. The SMILES string of the molecule is CO[C@H](C(=O)N1N=C(c2c(-c3ccccc3)c3cc(Cl)ccc3[nH]c2=O)C[C@H]1c1ccccc1)c1ccccc1. The summed E-state index contributed by atoms with van der Waals surface area (Å²) in [5.41, 5.74) is 4.57. The zero-order chi connectivity index (χ0) is 27.6. The minimum atomic E-state index is -0.849. The lowest BCUT2D eigenvalue weighted by Crippen LogP contribution is -2.32. The Hall–Kier alpha value is -4.52. The molecule has 0 bridgehead atoms. The molecule has 2 atom stereocenters. The number of halogens is 1. The summed E-state index contributed by atoms with van der Waals surface area (Å²) in [6.45, 7) is 0. The smallest absolute Gasteiger partial charge is 0.276 e. The van der Waals surface area contributed by atoms with Gasteiger partial charge in [0.1, 0.15) is 0 Å². The first-order chi connectivity index (χ1) is 19.5. The normalized spacial score (nSPS) is 15.7. The van der Waals surface area contributed by atoms with Crippen LogP contribution in [-0.2, 0) is 9.53 Å². The van der Waals surface area contributed by atoms with Gasteiger partial charge >= 0.3 is 0 Å². The number of nitrogens with one attached hydrogen (secondary N) is 1. The number of benzene rings is 4. The van der Waals surface area contributed by atoms with Gasteiger partial charge in [0.25, 0.3) is 11.5 Å². The van der Waals surface area contributed by atoms with Crippen LogP contribution in [-0.4, -0.2) is 28.7 Å². The Morgan fingerprint density at radius 1 is 0.925 bits per heavy atom. The Labute approximate surface area is 236 Å². The maximum Gasteiger partial charge on any atom is 0.276 e. The first-order valence-electron chi connectivity index (χ1n) is 13.0. The first kappa shape index (κ1) is 25.7. The largest absolute Gasteiger partial charge is 0.367 e. The third kappa shape index (κ3) is 4.72. The van der Waals surface area contributed by atoms with Gasteiger partial charge in [-0.1, -0.05) is 103 Å². The predicted octanol–water partition coefficient (Wildman–Crippen LogP) is 6.91. The molecule has 0 unspecified atom stereocenters. The average Bonchev–Trinajstić information content (AvgIpc) is 3.44. The van der Waals surface area contributed by atoms with Crippen LogP contribution < -0.4 is 5.56 Å². The van der Waals surface area contributed by atoms with Gasteiger partial charge in [-0.25, -0.2) is 5.01 Å². The van der Waals surface area contributed by atoms with Crippen LogP contribution in [0.5, 0.6) is 0 Å². The Balaban J connectivity index is 1.55. The molecule has 5 aromatic rings. The molecule has 1 aliphatic rings. The minimum Gasteiger partial charge on any atom is -0.367 e. The molecule has 2 heterocycles. The first-order valence-corrected chi connectivity index (χ1v) is 13.4. The molecule has 0 saturated carbocycles. The summed E-state index contributed by atoms with van der Waals surface area (Å²) in [7, 11) is 1.51. The second-order valence-corrected chi connectivity index (χ2v) is 10.1. The Morgan fingerprint density at radius 3 is 2.25 bits per heavy atom. The molecule has 1 N–H and O–H groups in total. The molecular formula is C33H26ClN3O3. The van der Waals surface area contributed by atoms with Crippen molar-refractivity contribution in [2.75, 3.05) is 7.11 Å². The van der Waals surface area contributed by atoms with Crippen LogP contribution in [0.2, 0.25) is 5.02 Å². The van der Waals surface area contributed by atoms with Gasteiger partial charge in [-0.15, -0.1) is 0 Å². The van der Waals surface area contributed by atoms with Crippen LogP contribution in [0.15, 0.2) is 119 Å². The van der Waals surface area contributed by atoms with E-state index >= 15 is 0 Å². The van der Waals surface area contributed by atoms with E-state index in [2.05, 4.69) is 4.98 Å². The molecule has 1 aliphatic heterocycles. The zero-order valence-electron chi connectivity index (χ0n) is 21.8. The van der Waals surface area contributed by atoms with E-state index < -0.39 is 12.1 Å². The van der Waals surface area contributed by atoms with Crippen LogP contribution in [0.4, 0.5) is 0 Å². The van der Waals surface area contributed by atoms with Crippen LogP contribution in [0.1, 0.15) is 35.3 Å². The molecule has 0 aliphatic carbocycles. The highest BCUT2D eigenvalue weighted by atomic mass is 35.5. The number of H-pyrrole nitrogens is 1. The summed E-state index contributed by atoms with van der Waals surface area (Å²) in [6, 6.07) is 33.8. The van der Waals surface area contributed by atoms with Crippen molar-refractivity contribution < 1.29 is 9.53 Å². The Bertz CT molecular complexity index is 1770. The molecule has 1 amide bonds. The molecule has 4 aromatic carbocycles. The highest BCUT2D eigenvalue weighted by Crippen LogP contribution is 2.38. The maximum atomic E-state index is 14.0. The van der Waals surface area contributed by atoms with Crippen molar-refractivity contribution in [3.05, 3.63) is 141 Å². The van der Waals surface area contributed by atoms with E-state index in [1.807, 2.05) is 97.1 Å². The Kier molecular flexibility index (Phi) is 7.03. The molecule has 6 nitrogen and oxygen atoms in total. The molecule has 198 valence electrons. The van der Waals surface area contributed by atoms with Gasteiger partial charge in [0, 0.05) is 35.0 Å². The highest BCUT2D eigenvalue weighted by molar-refractivity contribution is 6.31. The van der Waals surface area contributed by atoms with Crippen molar-refractivity contribution in [3.63, 3.8) is 0 Å². The molecule has 0 saturated heterocycles. The number of fused-ring (bicyclic) bond motifs is 1. The van der Waals surface area contributed by atoms with Gasteiger partial charge in [0.05, 0.1) is 17.3 Å². The van der Waals surface area contributed by atoms with E-state index in [9.17, 15) is 9.59 Å². The fourth-order valence-corrected chi connectivity index (χ4v) is 5.54. The number of amides is 1. The van der Waals surface area contributed by atoms with Gasteiger partial charge in [0.15, 0.2) is 6.10 Å². The number of hydrazone groups is 1. The second kappa shape index (κ2) is 10.9. The van der Waals surface area contributed by atoms with Crippen LogP contribution in [0.25, 0.3) is 22.0 Å². The van der Waals surface area contributed by atoms with Gasteiger partial charge in [0.2, 0.25) is 0 Å². The highest BCUT2D eigenvalue weighted by Gasteiger charge is 2.38. The van der Waals surface area contributed by atoms with E-state index in [0.29, 0.717) is 28.2 Å². The molecule has 6 rings (SSSR count). The van der Waals surface area contributed by atoms with E-state index in [1.54, 1.807) is 12.1 Å². The molecule has 0 spiro atoms. The molecule has 40 heavy (non-hydrogen) atoms. The standard InChI is InChI=1S/C33H26ClN3O3/c1-40-31(23-15-9-4-10-16-23)33(39)37-28(21-11-5-2-6-12-21)20-27(36-37)30-29(22-13-7-3-8-14-22)25-19-24(34)17-18-26(25)35-32(30)38/h2-19,28,31H,20H2,1H3,(H,35,38)/t28-,31-/m0/s1. The summed E-state index contributed by atoms with van der Waals surface area (Å²) in [6.07, 6.45) is -0.492. The number of ether oxygens (including phenoxy) is 1. The van der Waals surface area contributed by atoms with Crippen molar-refractivity contribution in [1.82, 2.24) is 9.99 Å². The van der Waals surface area contributed by atoms with Crippen LogP contribution in [0, 0.1) is 0 Å². The maximum absolute atomic E-state index is 14.0. The summed E-state index contributed by atoms with van der Waals surface area (Å²) in [5.74, 6) is -0.306. The molecule has 0 radical (unpaired) electrons. The molecule has 1 aromatic heterocycles. The number of hydrogen-bond donors (Lipinski definition) is 1. The van der Waals surface area contributed by atoms with Gasteiger partial charge < -0.3 is 9.72 Å². The number of hydrogen-bond acceptors (Lipinski definition) is 4. The number of aromatic nitrogens is 1. The monoisotopic (exact) mass is 547 g/mol. The second-order valence-electron chi connectivity index (χ2n) is 9.65. The Morgan fingerprint density at radius 2 is 1.57 bits per heavy atom. The predicted molar refractivity (Wildman–Crippen MR) is 158 cm³/mol. The van der Waals surface area contributed by atoms with Crippen molar-refractivity contribution in [2.24, 2.45) is 5.10 Å². The number of carbonyl (C=O) groups excluding carboxylic acids is 1. The number of nitrogens with zero attached hydrogens (tertiary/aromatic N) is 2. The zero-order valence-corrected chi connectivity index (χ0v) is 22.5. The fraction of sp³-hybridized carbons (Fsp3) is 0.121. The number of carbonyl (C=O) groups is 1. The third-order valence-electron chi connectivity index (χ3n) is 7.21. The van der Waals surface area contributed by atoms with Crippen molar-refractivity contribution in [3.8, 4) is 11.1 Å². The lowest BCUT2D eigenvalue weighted by atomic mass is 9.91. The lowest BCUT2D eigenvalue weighted by molar-refractivity contribution is -0.144. The minimum absolute atomic E-state index is 0.278. The van der Waals surface area contributed by atoms with Crippen molar-refractivity contribution >= 4 is 34.1 Å². The van der Waals surface area contributed by atoms with Gasteiger partial charge in [-0.2, -0.15) is 5.10 Å². The summed E-state index contributed by atoms with van der Waals surface area (Å²) in [5, 5.41) is 7.69. The molecular weight excluding hydrogens is 522 g/mol. The number of aromatic amines is 1. The number of pyridine rings is 1. The van der Waals surface area contributed by atoms with Crippen molar-refractivity contribution in [1.29, 1.82) is 0 Å². The van der Waals surface area contributed by atoms with Crippen LogP contribution >= 0.6 is 11.6 Å². The summed E-state index contributed by atoms with van der Waals surface area (Å²) in [4.78, 5) is 30.8. The third-order valence-corrected chi connectivity index (χ3v) is 7.45. The quantitative estimate of drug-likeness (QED) is 0.251. The molecule has 0 fully saturated rings. The summed E-state index contributed by atoms with van der Waals surface area (Å²) >= 11 is 6.42. The lowest BCUT2D eigenvalue weighted by Gasteiger charge is -2.26. The van der Waals surface area contributed by atoms with Crippen molar-refractivity contribution in [2.45, 2.75) is 18.6 Å². The average molecular weight is 548 g/mol. The van der Waals surface area contributed by atoms with Gasteiger partial charge in [-0.05, 0) is 34.9 Å². The van der Waals surface area contributed by atoms with E-state index in [-0.39, 0.29) is 11.5 Å². The topological polar surface area (TPSA) is 74.8 Å². The van der Waals surface area contributed by atoms with E-state index in [4.69, 9.17) is 21.4 Å². The van der Waals surface area contributed by atoms with E-state index in [1.165, 1.54) is 12.1 Å². The van der Waals surface area contributed by atoms with Crippen LogP contribution in [0.3, 0.4) is 0 Å².